The van der Waals surface area contributed by atoms with Crippen molar-refractivity contribution in [3.8, 4) is 0 Å². The minimum atomic E-state index is -3.97. The average molecular weight is 373 g/mol. The number of hydrogen-bond acceptors (Lipinski definition) is 6. The molecule has 10 heteroatoms. The molecule has 110 valence electrons. The van der Waals surface area contributed by atoms with Gasteiger partial charge in [-0.05, 0) is 34.1 Å². The van der Waals surface area contributed by atoms with Crippen LogP contribution in [0.15, 0.2) is 46.0 Å². The molecule has 2 aromatic rings. The highest BCUT2D eigenvalue weighted by atomic mass is 79.9. The molecule has 0 atom stereocenters. The van der Waals surface area contributed by atoms with Crippen molar-refractivity contribution in [1.82, 2.24) is 4.98 Å². The fourth-order valence-electron chi connectivity index (χ4n) is 1.54. The van der Waals surface area contributed by atoms with Gasteiger partial charge in [-0.1, -0.05) is 0 Å². The van der Waals surface area contributed by atoms with Crippen LogP contribution in [-0.2, 0) is 10.0 Å². The first-order chi connectivity index (χ1) is 9.81. The van der Waals surface area contributed by atoms with Gasteiger partial charge in [-0.15, -0.1) is 0 Å². The quantitative estimate of drug-likeness (QED) is 0.624. The molecule has 0 fully saturated rings. The van der Waals surface area contributed by atoms with E-state index in [1.165, 1.54) is 24.4 Å². The minimum absolute atomic E-state index is 0.0316. The van der Waals surface area contributed by atoms with E-state index < -0.39 is 14.9 Å². The van der Waals surface area contributed by atoms with Gasteiger partial charge in [0.1, 0.15) is 4.90 Å². The summed E-state index contributed by atoms with van der Waals surface area (Å²) >= 11 is 3.02. The smallest absolute Gasteiger partial charge is 0.285 e. The number of nitro groups is 1. The molecule has 0 bridgehead atoms. The Bertz CT molecular complexity index is 810. The number of nitrogen functional groups attached to an aromatic ring is 1. The summed E-state index contributed by atoms with van der Waals surface area (Å²) in [6.07, 6.45) is 2.46. The van der Waals surface area contributed by atoms with Gasteiger partial charge in [0, 0.05) is 18.5 Å². The van der Waals surface area contributed by atoms with Crippen molar-refractivity contribution in [2.45, 2.75) is 4.90 Å². The number of rotatable bonds is 4. The van der Waals surface area contributed by atoms with Gasteiger partial charge >= 0.3 is 0 Å². The molecule has 0 unspecified atom stereocenters. The van der Waals surface area contributed by atoms with E-state index in [0.29, 0.717) is 0 Å². The maximum absolute atomic E-state index is 12.2. The molecule has 1 heterocycles. The van der Waals surface area contributed by atoms with Crippen LogP contribution in [0.25, 0.3) is 0 Å². The van der Waals surface area contributed by atoms with Crippen LogP contribution in [0.5, 0.6) is 0 Å². The van der Waals surface area contributed by atoms with Gasteiger partial charge in [-0.3, -0.25) is 19.8 Å². The molecule has 0 amide bonds. The number of anilines is 2. The Kier molecular flexibility index (Phi) is 4.09. The van der Waals surface area contributed by atoms with Crippen molar-refractivity contribution in [1.29, 1.82) is 0 Å². The van der Waals surface area contributed by atoms with Crippen molar-refractivity contribution >= 4 is 43.0 Å². The lowest BCUT2D eigenvalue weighted by molar-refractivity contribution is -0.385. The number of pyridine rings is 1. The van der Waals surface area contributed by atoms with Gasteiger partial charge < -0.3 is 5.73 Å². The second kappa shape index (κ2) is 5.66. The Hall–Kier alpha value is -2.20. The van der Waals surface area contributed by atoms with Crippen LogP contribution in [-0.4, -0.2) is 18.3 Å². The van der Waals surface area contributed by atoms with E-state index in [4.69, 9.17) is 5.73 Å². The first-order valence-corrected chi connectivity index (χ1v) is 7.75. The molecule has 0 aliphatic heterocycles. The predicted molar refractivity (Wildman–Crippen MR) is 80.3 cm³/mol. The van der Waals surface area contributed by atoms with Crippen molar-refractivity contribution in [3.05, 3.63) is 51.2 Å². The maximum atomic E-state index is 12.2. The van der Waals surface area contributed by atoms with Crippen LogP contribution in [0.3, 0.4) is 0 Å². The molecule has 0 saturated heterocycles. The highest BCUT2D eigenvalue weighted by Gasteiger charge is 2.20. The Morgan fingerprint density at radius 2 is 2.05 bits per heavy atom. The molecule has 0 aliphatic carbocycles. The fraction of sp³-hybridized carbons (Fsp3) is 0. The van der Waals surface area contributed by atoms with E-state index in [1.54, 1.807) is 0 Å². The van der Waals surface area contributed by atoms with E-state index >= 15 is 0 Å². The number of nitrogens with two attached hydrogens (primary N) is 1. The summed E-state index contributed by atoms with van der Waals surface area (Å²) < 4.78 is 26.8. The summed E-state index contributed by atoms with van der Waals surface area (Å²) in [6.45, 7) is 0. The van der Waals surface area contributed by atoms with Crippen LogP contribution in [0.4, 0.5) is 17.1 Å². The zero-order valence-corrected chi connectivity index (χ0v) is 12.8. The van der Waals surface area contributed by atoms with Crippen molar-refractivity contribution in [2.24, 2.45) is 0 Å². The van der Waals surface area contributed by atoms with Gasteiger partial charge in [-0.2, -0.15) is 0 Å². The standard InChI is InChI=1S/C11H9BrN4O4S/c12-8-2-1-7(5-10(8)16(17)18)15-21(19,20)11-6-14-4-3-9(11)13/h1-6,15H,(H2,13,14). The molecular formula is C11H9BrN4O4S. The molecule has 0 spiro atoms. The lowest BCUT2D eigenvalue weighted by Gasteiger charge is -2.09. The molecule has 0 radical (unpaired) electrons. The predicted octanol–water partition coefficient (Wildman–Crippen LogP) is 2.14. The summed E-state index contributed by atoms with van der Waals surface area (Å²) in [5.74, 6) is 0. The number of nitrogens with zero attached hydrogens (tertiary/aromatic N) is 2. The molecule has 0 aliphatic rings. The van der Waals surface area contributed by atoms with Crippen molar-refractivity contribution in [2.75, 3.05) is 10.5 Å². The normalized spacial score (nSPS) is 11.1. The third-order valence-electron chi connectivity index (χ3n) is 2.50. The van der Waals surface area contributed by atoms with E-state index in [1.807, 2.05) is 0 Å². The number of halogens is 1. The largest absolute Gasteiger partial charge is 0.398 e. The summed E-state index contributed by atoms with van der Waals surface area (Å²) in [5.41, 5.74) is 5.41. The zero-order valence-electron chi connectivity index (χ0n) is 10.4. The second-order valence-corrected chi connectivity index (χ2v) is 6.45. The SMILES string of the molecule is Nc1ccncc1S(=O)(=O)Nc1ccc(Br)c([N+](=O)[O-])c1. The van der Waals surface area contributed by atoms with Crippen LogP contribution < -0.4 is 10.5 Å². The van der Waals surface area contributed by atoms with Gasteiger partial charge in [-0.25, -0.2) is 8.42 Å². The first-order valence-electron chi connectivity index (χ1n) is 5.47. The lowest BCUT2D eigenvalue weighted by atomic mass is 10.3. The van der Waals surface area contributed by atoms with Crippen LogP contribution in [0.2, 0.25) is 0 Å². The second-order valence-electron chi connectivity index (χ2n) is 3.94. The Balaban J connectivity index is 2.40. The molecule has 21 heavy (non-hydrogen) atoms. The molecular weight excluding hydrogens is 364 g/mol. The average Bonchev–Trinajstić information content (AvgIpc) is 2.40. The van der Waals surface area contributed by atoms with E-state index in [9.17, 15) is 18.5 Å². The molecule has 1 aromatic carbocycles. The molecule has 1 aromatic heterocycles. The van der Waals surface area contributed by atoms with Gasteiger partial charge in [0.2, 0.25) is 0 Å². The van der Waals surface area contributed by atoms with Gasteiger partial charge in [0.25, 0.3) is 15.7 Å². The maximum Gasteiger partial charge on any atom is 0.285 e. The van der Waals surface area contributed by atoms with Gasteiger partial charge in [0.15, 0.2) is 0 Å². The highest BCUT2D eigenvalue weighted by molar-refractivity contribution is 9.10. The van der Waals surface area contributed by atoms with E-state index in [2.05, 4.69) is 25.6 Å². The fourth-order valence-corrected chi connectivity index (χ4v) is 3.06. The highest BCUT2D eigenvalue weighted by Crippen LogP contribution is 2.29. The molecule has 8 nitrogen and oxygen atoms in total. The van der Waals surface area contributed by atoms with E-state index in [-0.39, 0.29) is 26.4 Å². The monoisotopic (exact) mass is 372 g/mol. The molecule has 2 rings (SSSR count). The lowest BCUT2D eigenvalue weighted by Crippen LogP contribution is -2.15. The molecule has 0 saturated carbocycles. The van der Waals surface area contributed by atoms with Crippen LogP contribution >= 0.6 is 15.9 Å². The van der Waals surface area contributed by atoms with Crippen LogP contribution in [0, 0.1) is 10.1 Å². The third kappa shape index (κ3) is 3.28. The number of benzene rings is 1. The number of sulfonamides is 1. The first kappa shape index (κ1) is 15.2. The number of aromatic nitrogens is 1. The van der Waals surface area contributed by atoms with Crippen molar-refractivity contribution in [3.63, 3.8) is 0 Å². The topological polar surface area (TPSA) is 128 Å². The number of nitro benzene ring substituents is 1. The Labute approximate surface area is 128 Å². The third-order valence-corrected chi connectivity index (χ3v) is 4.60. The Morgan fingerprint density at radius 3 is 2.67 bits per heavy atom. The summed E-state index contributed by atoms with van der Waals surface area (Å²) in [6, 6.07) is 5.22. The van der Waals surface area contributed by atoms with Crippen molar-refractivity contribution < 1.29 is 13.3 Å². The molecule has 3 N–H and O–H groups in total. The van der Waals surface area contributed by atoms with E-state index in [0.717, 1.165) is 12.3 Å². The van der Waals surface area contributed by atoms with Crippen LogP contribution in [0.1, 0.15) is 0 Å². The summed E-state index contributed by atoms with van der Waals surface area (Å²) in [4.78, 5) is 13.7. The Morgan fingerprint density at radius 1 is 1.33 bits per heavy atom. The minimum Gasteiger partial charge on any atom is -0.398 e. The summed E-state index contributed by atoms with van der Waals surface area (Å²) in [5, 5.41) is 10.8. The number of hydrogen-bond donors (Lipinski definition) is 2. The van der Waals surface area contributed by atoms with Gasteiger partial charge in [0.05, 0.1) is 20.8 Å². The number of nitrogens with one attached hydrogen (secondary N) is 1. The summed E-state index contributed by atoms with van der Waals surface area (Å²) in [7, 11) is -3.97. The zero-order chi connectivity index (χ0) is 15.6.